The third-order valence-corrected chi connectivity index (χ3v) is 6.03. The molecule has 0 bridgehead atoms. The topological polar surface area (TPSA) is 58.4 Å². The van der Waals surface area contributed by atoms with Crippen LogP contribution in [0.4, 0.5) is 0 Å². The van der Waals surface area contributed by atoms with Gasteiger partial charge < -0.3 is 10.0 Å². The molecule has 4 rings (SSSR count). The second kappa shape index (κ2) is 5.99. The Labute approximate surface area is 148 Å². The van der Waals surface area contributed by atoms with Crippen LogP contribution in [0.25, 0.3) is 5.69 Å². The molecule has 5 nitrogen and oxygen atoms in total. The van der Waals surface area contributed by atoms with Crippen LogP contribution in [0, 0.1) is 19.3 Å². The first kappa shape index (κ1) is 16.3. The fourth-order valence-corrected chi connectivity index (χ4v) is 4.71. The minimum atomic E-state index is -0.0562. The lowest BCUT2D eigenvalue weighted by Gasteiger charge is -2.30. The third-order valence-electron chi connectivity index (χ3n) is 6.03. The molecule has 2 atom stereocenters. The number of carbonyl (C=O) groups is 1. The zero-order chi connectivity index (χ0) is 17.6. The molecule has 1 aromatic carbocycles. The van der Waals surface area contributed by atoms with Gasteiger partial charge in [0.2, 0.25) is 0 Å². The average molecular weight is 339 g/mol. The molecule has 2 heterocycles. The largest absolute Gasteiger partial charge is 0.396 e. The molecule has 2 aliphatic rings. The zero-order valence-electron chi connectivity index (χ0n) is 14.9. The molecule has 1 N–H and O–H groups in total. The van der Waals surface area contributed by atoms with Gasteiger partial charge >= 0.3 is 0 Å². The Balaban J connectivity index is 1.56. The molecular formula is C20H25N3O2. The molecule has 1 aliphatic carbocycles. The summed E-state index contributed by atoms with van der Waals surface area (Å²) in [6, 6.07) is 9.93. The van der Waals surface area contributed by atoms with Crippen molar-refractivity contribution in [2.24, 2.45) is 5.41 Å². The maximum atomic E-state index is 13.0. The van der Waals surface area contributed by atoms with E-state index in [0.29, 0.717) is 5.56 Å². The van der Waals surface area contributed by atoms with Crippen LogP contribution in [0.15, 0.2) is 30.3 Å². The monoisotopic (exact) mass is 339 g/mol. The van der Waals surface area contributed by atoms with Crippen molar-refractivity contribution < 1.29 is 9.90 Å². The maximum absolute atomic E-state index is 13.0. The second-order valence-electron chi connectivity index (χ2n) is 7.56. The molecule has 1 aliphatic heterocycles. The summed E-state index contributed by atoms with van der Waals surface area (Å²) >= 11 is 0. The zero-order valence-corrected chi connectivity index (χ0v) is 14.9. The van der Waals surface area contributed by atoms with Crippen molar-refractivity contribution >= 4 is 5.91 Å². The Hall–Kier alpha value is -2.14. The smallest absolute Gasteiger partial charge is 0.254 e. The van der Waals surface area contributed by atoms with E-state index in [0.717, 1.165) is 49.3 Å². The molecule has 5 heteroatoms. The van der Waals surface area contributed by atoms with Crippen LogP contribution in [-0.2, 0) is 0 Å². The molecule has 0 spiro atoms. The van der Waals surface area contributed by atoms with Crippen molar-refractivity contribution in [2.45, 2.75) is 45.6 Å². The summed E-state index contributed by atoms with van der Waals surface area (Å²) in [6.45, 7) is 4.95. The minimum Gasteiger partial charge on any atom is -0.396 e. The second-order valence-corrected chi connectivity index (χ2v) is 7.56. The highest BCUT2D eigenvalue weighted by molar-refractivity contribution is 5.95. The summed E-state index contributed by atoms with van der Waals surface area (Å²) in [6.07, 6.45) is 4.07. The van der Waals surface area contributed by atoms with Gasteiger partial charge in [-0.15, -0.1) is 0 Å². The van der Waals surface area contributed by atoms with E-state index in [9.17, 15) is 9.90 Å². The van der Waals surface area contributed by atoms with Crippen molar-refractivity contribution in [3.8, 4) is 5.69 Å². The van der Waals surface area contributed by atoms with Crippen molar-refractivity contribution in [3.63, 3.8) is 0 Å². The van der Waals surface area contributed by atoms with Crippen molar-refractivity contribution in [2.75, 3.05) is 13.2 Å². The summed E-state index contributed by atoms with van der Waals surface area (Å²) in [5, 5.41) is 14.3. The van der Waals surface area contributed by atoms with E-state index in [1.807, 2.05) is 53.8 Å². The molecule has 1 amide bonds. The normalized spacial score (nSPS) is 25.4. The summed E-state index contributed by atoms with van der Waals surface area (Å²) in [5.41, 5.74) is 3.69. The number of aliphatic hydroxyl groups excluding tert-OH is 1. The summed E-state index contributed by atoms with van der Waals surface area (Å²) < 4.78 is 1.90. The van der Waals surface area contributed by atoms with Gasteiger partial charge in [-0.3, -0.25) is 4.79 Å². The minimum absolute atomic E-state index is 0.0562. The standard InChI is InChI=1S/C20H25N3O2/c1-14-12-15(2)23(21-14)17-7-5-16(6-8-17)19(25)22-11-10-20(13-24)9-3-4-18(20)22/h5-8,12,18,24H,3-4,9-11,13H2,1-2H3/t18-,20-/m1/s1. The Kier molecular flexibility index (Phi) is 3.91. The molecule has 0 radical (unpaired) electrons. The van der Waals surface area contributed by atoms with Gasteiger partial charge in [-0.2, -0.15) is 5.10 Å². The summed E-state index contributed by atoms with van der Waals surface area (Å²) in [5.74, 6) is 0.0853. The van der Waals surface area contributed by atoms with Crippen LogP contribution in [0.5, 0.6) is 0 Å². The molecule has 2 fully saturated rings. The predicted molar refractivity (Wildman–Crippen MR) is 95.8 cm³/mol. The van der Waals surface area contributed by atoms with E-state index < -0.39 is 0 Å². The third kappa shape index (κ3) is 2.58. The van der Waals surface area contributed by atoms with E-state index in [2.05, 4.69) is 5.10 Å². The number of rotatable bonds is 3. The molecule has 132 valence electrons. The SMILES string of the molecule is Cc1cc(C)n(-c2ccc(C(=O)N3CC[C@@]4(CO)CCC[C@@H]34)cc2)n1. The lowest BCUT2D eigenvalue weighted by Crippen LogP contribution is -2.41. The van der Waals surface area contributed by atoms with Gasteiger partial charge in [-0.05, 0) is 63.4 Å². The van der Waals surface area contributed by atoms with Crippen molar-refractivity contribution in [1.29, 1.82) is 0 Å². The highest BCUT2D eigenvalue weighted by Crippen LogP contribution is 2.48. The predicted octanol–water partition coefficient (Wildman–Crippen LogP) is 2.87. The number of aromatic nitrogens is 2. The number of hydrogen-bond acceptors (Lipinski definition) is 3. The highest BCUT2D eigenvalue weighted by Gasteiger charge is 2.51. The molecule has 1 saturated heterocycles. The lowest BCUT2D eigenvalue weighted by atomic mass is 9.83. The Bertz CT molecular complexity index is 796. The van der Waals surface area contributed by atoms with Gasteiger partial charge in [0.05, 0.1) is 18.0 Å². The molecule has 25 heavy (non-hydrogen) atoms. The maximum Gasteiger partial charge on any atom is 0.254 e. The molecule has 1 aromatic heterocycles. The van der Waals surface area contributed by atoms with Gasteiger partial charge in [-0.25, -0.2) is 4.68 Å². The van der Waals surface area contributed by atoms with E-state index in [1.54, 1.807) is 0 Å². The molecule has 2 aromatic rings. The average Bonchev–Trinajstić information content (AvgIpc) is 3.27. The van der Waals surface area contributed by atoms with Crippen LogP contribution in [0.1, 0.15) is 47.4 Å². The number of amides is 1. The fourth-order valence-electron chi connectivity index (χ4n) is 4.71. The Morgan fingerprint density at radius 1 is 1.28 bits per heavy atom. The number of nitrogens with zero attached hydrogens (tertiary/aromatic N) is 3. The van der Waals surface area contributed by atoms with Gasteiger partial charge in [0, 0.05) is 29.3 Å². The van der Waals surface area contributed by atoms with E-state index >= 15 is 0 Å². The number of aryl methyl sites for hydroxylation is 2. The number of likely N-dealkylation sites (tertiary alicyclic amines) is 1. The van der Waals surface area contributed by atoms with Gasteiger partial charge in [0.25, 0.3) is 5.91 Å². The van der Waals surface area contributed by atoms with Crippen molar-refractivity contribution in [3.05, 3.63) is 47.3 Å². The first-order chi connectivity index (χ1) is 12.0. The van der Waals surface area contributed by atoms with Crippen LogP contribution >= 0.6 is 0 Å². The van der Waals surface area contributed by atoms with Gasteiger partial charge in [0.1, 0.15) is 0 Å². The quantitative estimate of drug-likeness (QED) is 0.935. The van der Waals surface area contributed by atoms with Crippen LogP contribution in [-0.4, -0.2) is 44.9 Å². The number of aliphatic hydroxyl groups is 1. The number of benzene rings is 1. The highest BCUT2D eigenvalue weighted by atomic mass is 16.3. The summed E-state index contributed by atoms with van der Waals surface area (Å²) in [7, 11) is 0. The van der Waals surface area contributed by atoms with E-state index in [4.69, 9.17) is 0 Å². The number of fused-ring (bicyclic) bond motifs is 1. The van der Waals surface area contributed by atoms with Gasteiger partial charge in [0.15, 0.2) is 0 Å². The number of hydrogen-bond donors (Lipinski definition) is 1. The van der Waals surface area contributed by atoms with Crippen LogP contribution in [0.2, 0.25) is 0 Å². The number of carbonyl (C=O) groups excluding carboxylic acids is 1. The first-order valence-corrected chi connectivity index (χ1v) is 9.10. The lowest BCUT2D eigenvalue weighted by molar-refractivity contribution is 0.0624. The molecule has 1 saturated carbocycles. The fraction of sp³-hybridized carbons (Fsp3) is 0.500. The van der Waals surface area contributed by atoms with E-state index in [-0.39, 0.29) is 24.0 Å². The first-order valence-electron chi connectivity index (χ1n) is 9.10. The van der Waals surface area contributed by atoms with Crippen LogP contribution < -0.4 is 0 Å². The van der Waals surface area contributed by atoms with Crippen molar-refractivity contribution in [1.82, 2.24) is 14.7 Å². The molecular weight excluding hydrogens is 314 g/mol. The molecule has 0 unspecified atom stereocenters. The van der Waals surface area contributed by atoms with Crippen LogP contribution in [0.3, 0.4) is 0 Å². The summed E-state index contributed by atoms with van der Waals surface area (Å²) in [4.78, 5) is 15.0. The van der Waals surface area contributed by atoms with Gasteiger partial charge in [-0.1, -0.05) is 6.42 Å². The van der Waals surface area contributed by atoms with E-state index in [1.165, 1.54) is 0 Å². The Morgan fingerprint density at radius 2 is 2.04 bits per heavy atom. The Morgan fingerprint density at radius 3 is 2.68 bits per heavy atom.